The van der Waals surface area contributed by atoms with E-state index in [0.717, 1.165) is 57.4 Å². The SMILES string of the molecule is COc1cc2nc(C3CCC(CO)CC3)sc2cc1-n1cc2ccccc2cc1=O. The Labute approximate surface area is 178 Å². The molecule has 2 aromatic carbocycles. The Morgan fingerprint density at radius 1 is 1.13 bits per heavy atom. The second-order valence-electron chi connectivity index (χ2n) is 8.05. The van der Waals surface area contributed by atoms with Crippen molar-refractivity contribution in [3.8, 4) is 11.4 Å². The molecule has 1 aliphatic rings. The van der Waals surface area contributed by atoms with Crippen molar-refractivity contribution in [3.05, 3.63) is 64.0 Å². The largest absolute Gasteiger partial charge is 0.494 e. The molecule has 0 atom stereocenters. The van der Waals surface area contributed by atoms with E-state index in [2.05, 4.69) is 0 Å². The van der Waals surface area contributed by atoms with Crippen LogP contribution in [-0.2, 0) is 0 Å². The predicted octanol–water partition coefficient (Wildman–Crippen LogP) is 4.88. The number of hydrogen-bond donors (Lipinski definition) is 1. The lowest BCUT2D eigenvalue weighted by Crippen LogP contribution is -2.17. The maximum Gasteiger partial charge on any atom is 0.255 e. The summed E-state index contributed by atoms with van der Waals surface area (Å²) in [5.74, 6) is 1.52. The highest BCUT2D eigenvalue weighted by Gasteiger charge is 2.25. The molecule has 0 radical (unpaired) electrons. The summed E-state index contributed by atoms with van der Waals surface area (Å²) in [6, 6.07) is 13.5. The monoisotopic (exact) mass is 420 g/mol. The Bertz CT molecular complexity index is 1270. The summed E-state index contributed by atoms with van der Waals surface area (Å²) in [6.45, 7) is 0.285. The van der Waals surface area contributed by atoms with Crippen molar-refractivity contribution in [2.75, 3.05) is 13.7 Å². The normalized spacial score (nSPS) is 19.4. The first-order valence-corrected chi connectivity index (χ1v) is 11.2. The maximum absolute atomic E-state index is 12.8. The van der Waals surface area contributed by atoms with Gasteiger partial charge in [-0.3, -0.25) is 9.36 Å². The van der Waals surface area contributed by atoms with Crippen LogP contribution in [0.5, 0.6) is 5.75 Å². The fraction of sp³-hybridized carbons (Fsp3) is 0.333. The molecule has 0 saturated heterocycles. The first kappa shape index (κ1) is 19.3. The molecule has 0 amide bonds. The first-order valence-electron chi connectivity index (χ1n) is 10.4. The van der Waals surface area contributed by atoms with Gasteiger partial charge in [0.1, 0.15) is 5.75 Å². The van der Waals surface area contributed by atoms with Gasteiger partial charge in [0.25, 0.3) is 5.56 Å². The van der Waals surface area contributed by atoms with Crippen molar-refractivity contribution in [3.63, 3.8) is 0 Å². The third kappa shape index (κ3) is 3.40. The first-order chi connectivity index (χ1) is 14.7. The van der Waals surface area contributed by atoms with Crippen LogP contribution < -0.4 is 10.3 Å². The van der Waals surface area contributed by atoms with E-state index in [-0.39, 0.29) is 12.2 Å². The molecular weight excluding hydrogens is 396 g/mol. The molecule has 1 saturated carbocycles. The third-order valence-electron chi connectivity index (χ3n) is 6.20. The number of aromatic nitrogens is 2. The molecule has 2 aromatic heterocycles. The van der Waals surface area contributed by atoms with Gasteiger partial charge in [-0.15, -0.1) is 11.3 Å². The predicted molar refractivity (Wildman–Crippen MR) is 121 cm³/mol. The molecule has 6 heteroatoms. The van der Waals surface area contributed by atoms with E-state index in [1.54, 1.807) is 29.1 Å². The van der Waals surface area contributed by atoms with Crippen molar-refractivity contribution in [2.45, 2.75) is 31.6 Å². The number of aliphatic hydroxyl groups is 1. The van der Waals surface area contributed by atoms with Gasteiger partial charge >= 0.3 is 0 Å². The van der Waals surface area contributed by atoms with Crippen LogP contribution in [-0.4, -0.2) is 28.4 Å². The van der Waals surface area contributed by atoms with Crippen molar-refractivity contribution in [2.24, 2.45) is 5.92 Å². The molecule has 1 fully saturated rings. The van der Waals surface area contributed by atoms with Crippen LogP contribution in [0.15, 0.2) is 53.5 Å². The average molecular weight is 421 g/mol. The number of ether oxygens (including phenoxy) is 1. The fourth-order valence-corrected chi connectivity index (χ4v) is 5.58. The molecule has 0 spiro atoms. The molecule has 0 bridgehead atoms. The molecule has 4 aromatic rings. The minimum absolute atomic E-state index is 0.0848. The second kappa shape index (κ2) is 7.85. The zero-order chi connectivity index (χ0) is 20.7. The lowest BCUT2D eigenvalue weighted by molar-refractivity contribution is 0.182. The third-order valence-corrected chi connectivity index (χ3v) is 7.38. The summed E-state index contributed by atoms with van der Waals surface area (Å²) in [5, 5.41) is 12.5. The average Bonchev–Trinajstić information content (AvgIpc) is 3.20. The minimum Gasteiger partial charge on any atom is -0.494 e. The number of rotatable bonds is 4. The number of thiazole rings is 1. The molecule has 2 heterocycles. The minimum atomic E-state index is -0.0848. The van der Waals surface area contributed by atoms with Crippen LogP contribution in [0.1, 0.15) is 36.6 Å². The molecule has 0 aliphatic heterocycles. The number of methoxy groups -OCH3 is 1. The molecular formula is C24H24N2O3S. The highest BCUT2D eigenvalue weighted by molar-refractivity contribution is 7.18. The Morgan fingerprint density at radius 2 is 1.90 bits per heavy atom. The van der Waals surface area contributed by atoms with Crippen molar-refractivity contribution in [1.29, 1.82) is 0 Å². The van der Waals surface area contributed by atoms with Gasteiger partial charge in [-0.05, 0) is 48.4 Å². The van der Waals surface area contributed by atoms with Crippen LogP contribution in [0, 0.1) is 5.92 Å². The van der Waals surface area contributed by atoms with Gasteiger partial charge < -0.3 is 9.84 Å². The maximum atomic E-state index is 12.8. The summed E-state index contributed by atoms with van der Waals surface area (Å²) in [6.07, 6.45) is 6.12. The Kier molecular flexibility index (Phi) is 5.05. The Morgan fingerprint density at radius 3 is 2.63 bits per heavy atom. The van der Waals surface area contributed by atoms with E-state index in [0.29, 0.717) is 17.6 Å². The van der Waals surface area contributed by atoms with Crippen LogP contribution in [0.3, 0.4) is 0 Å². The molecule has 1 N–H and O–H groups in total. The van der Waals surface area contributed by atoms with E-state index < -0.39 is 0 Å². The molecule has 5 rings (SSSR count). The van der Waals surface area contributed by atoms with E-state index >= 15 is 0 Å². The molecule has 1 aliphatic carbocycles. The summed E-state index contributed by atoms with van der Waals surface area (Å²) >= 11 is 1.71. The quantitative estimate of drug-likeness (QED) is 0.511. The summed E-state index contributed by atoms with van der Waals surface area (Å²) in [5.41, 5.74) is 1.56. The van der Waals surface area contributed by atoms with Gasteiger partial charge in [0.2, 0.25) is 0 Å². The smallest absolute Gasteiger partial charge is 0.255 e. The zero-order valence-corrected chi connectivity index (χ0v) is 17.7. The van der Waals surface area contributed by atoms with E-state index in [1.165, 1.54) is 0 Å². The molecule has 30 heavy (non-hydrogen) atoms. The van der Waals surface area contributed by atoms with Crippen molar-refractivity contribution < 1.29 is 9.84 Å². The molecule has 5 nitrogen and oxygen atoms in total. The van der Waals surface area contributed by atoms with Gasteiger partial charge in [-0.1, -0.05) is 24.3 Å². The topological polar surface area (TPSA) is 64.3 Å². The fourth-order valence-electron chi connectivity index (χ4n) is 4.43. The van der Waals surface area contributed by atoms with E-state index in [1.807, 2.05) is 42.6 Å². The number of hydrogen-bond acceptors (Lipinski definition) is 5. The number of fused-ring (bicyclic) bond motifs is 2. The molecule has 154 valence electrons. The van der Waals surface area contributed by atoms with E-state index in [4.69, 9.17) is 9.72 Å². The lowest BCUT2D eigenvalue weighted by atomic mass is 9.83. The van der Waals surface area contributed by atoms with Crippen molar-refractivity contribution in [1.82, 2.24) is 9.55 Å². The summed E-state index contributed by atoms with van der Waals surface area (Å²) in [7, 11) is 1.63. The van der Waals surface area contributed by atoms with Crippen LogP contribution in [0.2, 0.25) is 0 Å². The number of benzene rings is 2. The van der Waals surface area contributed by atoms with Gasteiger partial charge in [0.05, 0.1) is 28.0 Å². The van der Waals surface area contributed by atoms with Gasteiger partial charge in [0, 0.05) is 30.9 Å². The van der Waals surface area contributed by atoms with Crippen LogP contribution in [0.4, 0.5) is 0 Å². The summed E-state index contributed by atoms with van der Waals surface area (Å²) < 4.78 is 8.35. The lowest BCUT2D eigenvalue weighted by Gasteiger charge is -2.25. The Balaban J connectivity index is 1.58. The van der Waals surface area contributed by atoms with E-state index in [9.17, 15) is 9.90 Å². The molecule has 0 unspecified atom stereocenters. The number of nitrogens with zero attached hydrogens (tertiary/aromatic N) is 2. The van der Waals surface area contributed by atoms with Gasteiger partial charge in [0.15, 0.2) is 0 Å². The van der Waals surface area contributed by atoms with Crippen molar-refractivity contribution >= 4 is 32.3 Å². The van der Waals surface area contributed by atoms with Gasteiger partial charge in [-0.2, -0.15) is 0 Å². The Hall–Kier alpha value is -2.70. The highest BCUT2D eigenvalue weighted by atomic mass is 32.1. The van der Waals surface area contributed by atoms with Gasteiger partial charge in [-0.25, -0.2) is 4.98 Å². The standard InChI is InChI=1S/C24H24N2O3S/c1-29-21-11-19-22(30-24(25-19)16-8-6-15(14-27)7-9-16)12-20(21)26-13-18-5-3-2-4-17(18)10-23(26)28/h2-5,10-13,15-16,27H,6-9,14H2,1H3. The highest BCUT2D eigenvalue weighted by Crippen LogP contribution is 2.40. The van der Waals surface area contributed by atoms with Crippen LogP contribution >= 0.6 is 11.3 Å². The zero-order valence-electron chi connectivity index (χ0n) is 16.9. The number of pyridine rings is 1. The summed E-state index contributed by atoms with van der Waals surface area (Å²) in [4.78, 5) is 17.7. The number of aliphatic hydroxyl groups excluding tert-OH is 1. The second-order valence-corrected chi connectivity index (χ2v) is 9.12. The van der Waals surface area contributed by atoms with Crippen LogP contribution in [0.25, 0.3) is 26.7 Å².